The second-order valence-electron chi connectivity index (χ2n) is 6.25. The van der Waals surface area contributed by atoms with Crippen LogP contribution in [0.15, 0.2) is 54.6 Å². The van der Waals surface area contributed by atoms with Gasteiger partial charge in [-0.2, -0.15) is 0 Å². The Morgan fingerprint density at radius 2 is 1.64 bits per heavy atom. The maximum atomic E-state index is 12.5. The molecule has 4 heteroatoms. The summed E-state index contributed by atoms with van der Waals surface area (Å²) in [6.45, 7) is 5.90. The molecule has 0 saturated carbocycles. The Morgan fingerprint density at radius 3 is 2.36 bits per heavy atom. The number of carbonyl (C=O) groups is 1. The van der Waals surface area contributed by atoms with Crippen LogP contribution in [0, 0.1) is 0 Å². The zero-order valence-electron chi connectivity index (χ0n) is 14.9. The molecule has 1 fully saturated rings. The third-order valence-corrected chi connectivity index (χ3v) is 4.61. The second kappa shape index (κ2) is 8.56. The average Bonchev–Trinajstić information content (AvgIpc) is 2.68. The molecule has 25 heavy (non-hydrogen) atoms. The van der Waals surface area contributed by atoms with Crippen LogP contribution in [0.5, 0.6) is 5.75 Å². The highest BCUT2D eigenvalue weighted by atomic mass is 16.5. The van der Waals surface area contributed by atoms with Crippen molar-refractivity contribution in [3.63, 3.8) is 0 Å². The number of rotatable bonds is 6. The number of piperazine rings is 1. The maximum Gasteiger partial charge on any atom is 0.223 e. The van der Waals surface area contributed by atoms with Crippen LogP contribution in [-0.4, -0.2) is 43.6 Å². The molecule has 1 aliphatic heterocycles. The van der Waals surface area contributed by atoms with Gasteiger partial charge in [-0.15, -0.1) is 0 Å². The van der Waals surface area contributed by atoms with Gasteiger partial charge >= 0.3 is 0 Å². The Hall–Kier alpha value is -2.49. The van der Waals surface area contributed by atoms with Gasteiger partial charge < -0.3 is 14.5 Å². The molecule has 132 valence electrons. The largest absolute Gasteiger partial charge is 0.492 e. The molecule has 2 aromatic carbocycles. The molecule has 0 aromatic heterocycles. The van der Waals surface area contributed by atoms with E-state index in [0.717, 1.165) is 44.0 Å². The molecule has 1 aliphatic rings. The molecule has 0 N–H and O–H groups in total. The SMILES string of the molecule is CCOc1ccccc1N1CCN(C(=O)CCc2ccccc2)CC1. The van der Waals surface area contributed by atoms with Gasteiger partial charge in [0, 0.05) is 32.6 Å². The molecule has 2 aromatic rings. The van der Waals surface area contributed by atoms with Gasteiger partial charge in [0.1, 0.15) is 5.75 Å². The summed E-state index contributed by atoms with van der Waals surface area (Å²) < 4.78 is 5.73. The number of carbonyl (C=O) groups excluding carboxylic acids is 1. The highest BCUT2D eigenvalue weighted by molar-refractivity contribution is 5.77. The van der Waals surface area contributed by atoms with E-state index in [1.54, 1.807) is 0 Å². The minimum absolute atomic E-state index is 0.251. The zero-order valence-corrected chi connectivity index (χ0v) is 14.9. The number of hydrogen-bond donors (Lipinski definition) is 0. The van der Waals surface area contributed by atoms with Crippen LogP contribution in [0.4, 0.5) is 5.69 Å². The van der Waals surface area contributed by atoms with E-state index in [9.17, 15) is 4.79 Å². The molecule has 4 nitrogen and oxygen atoms in total. The lowest BCUT2D eigenvalue weighted by atomic mass is 10.1. The van der Waals surface area contributed by atoms with Crippen LogP contribution in [-0.2, 0) is 11.2 Å². The lowest BCUT2D eigenvalue weighted by Gasteiger charge is -2.36. The van der Waals surface area contributed by atoms with Crippen molar-refractivity contribution < 1.29 is 9.53 Å². The first-order valence-corrected chi connectivity index (χ1v) is 9.06. The first-order valence-electron chi connectivity index (χ1n) is 9.06. The van der Waals surface area contributed by atoms with Crippen LogP contribution in [0.2, 0.25) is 0 Å². The highest BCUT2D eigenvalue weighted by Crippen LogP contribution is 2.28. The van der Waals surface area contributed by atoms with Crippen LogP contribution >= 0.6 is 0 Å². The molecular formula is C21H26N2O2. The van der Waals surface area contributed by atoms with E-state index >= 15 is 0 Å². The van der Waals surface area contributed by atoms with Gasteiger partial charge in [-0.1, -0.05) is 42.5 Å². The fraction of sp³-hybridized carbons (Fsp3) is 0.381. The standard InChI is InChI=1S/C21H26N2O2/c1-2-25-20-11-7-6-10-19(20)22-14-16-23(17-15-22)21(24)13-12-18-8-4-3-5-9-18/h3-11H,2,12-17H2,1H3. The van der Waals surface area contributed by atoms with Gasteiger partial charge in [0.25, 0.3) is 0 Å². The van der Waals surface area contributed by atoms with Crippen LogP contribution in [0.3, 0.4) is 0 Å². The number of amides is 1. The molecule has 1 saturated heterocycles. The Labute approximate surface area is 150 Å². The summed E-state index contributed by atoms with van der Waals surface area (Å²) in [5, 5.41) is 0. The zero-order chi connectivity index (χ0) is 17.5. The van der Waals surface area contributed by atoms with Crippen molar-refractivity contribution in [2.45, 2.75) is 19.8 Å². The second-order valence-corrected chi connectivity index (χ2v) is 6.25. The number of ether oxygens (including phenoxy) is 1. The quantitative estimate of drug-likeness (QED) is 0.810. The van der Waals surface area contributed by atoms with Gasteiger partial charge in [-0.3, -0.25) is 4.79 Å². The van der Waals surface area contributed by atoms with E-state index in [1.165, 1.54) is 5.56 Å². The first-order chi connectivity index (χ1) is 12.3. The molecular weight excluding hydrogens is 312 g/mol. The van der Waals surface area contributed by atoms with Gasteiger partial charge in [-0.05, 0) is 31.0 Å². The predicted octanol–water partition coefficient (Wildman–Crippen LogP) is 3.37. The number of para-hydroxylation sites is 2. The van der Waals surface area contributed by atoms with E-state index in [0.29, 0.717) is 13.0 Å². The molecule has 0 spiro atoms. The third-order valence-electron chi connectivity index (χ3n) is 4.61. The molecule has 0 aliphatic carbocycles. The Morgan fingerprint density at radius 1 is 0.960 bits per heavy atom. The van der Waals surface area contributed by atoms with Crippen molar-refractivity contribution in [1.82, 2.24) is 4.90 Å². The normalized spacial score (nSPS) is 14.4. The molecule has 0 radical (unpaired) electrons. The smallest absolute Gasteiger partial charge is 0.223 e. The summed E-state index contributed by atoms with van der Waals surface area (Å²) in [6, 6.07) is 18.3. The van der Waals surface area contributed by atoms with Crippen molar-refractivity contribution in [2.75, 3.05) is 37.7 Å². The fourth-order valence-corrected chi connectivity index (χ4v) is 3.25. The Bertz CT molecular complexity index is 679. The summed E-state index contributed by atoms with van der Waals surface area (Å²) in [5.41, 5.74) is 2.35. The molecule has 0 bridgehead atoms. The van der Waals surface area contributed by atoms with Crippen molar-refractivity contribution in [1.29, 1.82) is 0 Å². The molecule has 0 atom stereocenters. The van der Waals surface area contributed by atoms with E-state index in [2.05, 4.69) is 23.1 Å². The summed E-state index contributed by atoms with van der Waals surface area (Å²) in [4.78, 5) is 16.8. The van der Waals surface area contributed by atoms with Gasteiger partial charge in [0.2, 0.25) is 5.91 Å². The van der Waals surface area contributed by atoms with Crippen LogP contribution < -0.4 is 9.64 Å². The Kier molecular flexibility index (Phi) is 5.94. The summed E-state index contributed by atoms with van der Waals surface area (Å²) in [7, 11) is 0. The summed E-state index contributed by atoms with van der Waals surface area (Å²) in [5.74, 6) is 1.18. The minimum Gasteiger partial charge on any atom is -0.492 e. The van der Waals surface area contributed by atoms with E-state index in [-0.39, 0.29) is 5.91 Å². The van der Waals surface area contributed by atoms with Crippen molar-refractivity contribution in [3.05, 3.63) is 60.2 Å². The fourth-order valence-electron chi connectivity index (χ4n) is 3.25. The molecule has 1 heterocycles. The predicted molar refractivity (Wildman–Crippen MR) is 101 cm³/mol. The molecule has 3 rings (SSSR count). The number of hydrogen-bond acceptors (Lipinski definition) is 3. The minimum atomic E-state index is 0.251. The molecule has 0 unspecified atom stereocenters. The lowest BCUT2D eigenvalue weighted by Crippen LogP contribution is -2.49. The average molecular weight is 338 g/mol. The van der Waals surface area contributed by atoms with Crippen molar-refractivity contribution in [3.8, 4) is 5.75 Å². The number of benzene rings is 2. The Balaban J connectivity index is 1.52. The van der Waals surface area contributed by atoms with Crippen LogP contribution in [0.25, 0.3) is 0 Å². The van der Waals surface area contributed by atoms with Gasteiger partial charge in [0.15, 0.2) is 0 Å². The third kappa shape index (κ3) is 4.53. The number of aryl methyl sites for hydroxylation is 1. The van der Waals surface area contributed by atoms with E-state index in [4.69, 9.17) is 4.74 Å². The van der Waals surface area contributed by atoms with Crippen molar-refractivity contribution in [2.24, 2.45) is 0 Å². The summed E-state index contributed by atoms with van der Waals surface area (Å²) in [6.07, 6.45) is 1.40. The first kappa shape index (κ1) is 17.3. The topological polar surface area (TPSA) is 32.8 Å². The number of nitrogens with zero attached hydrogens (tertiary/aromatic N) is 2. The van der Waals surface area contributed by atoms with E-state index < -0.39 is 0 Å². The van der Waals surface area contributed by atoms with Gasteiger partial charge in [-0.25, -0.2) is 0 Å². The van der Waals surface area contributed by atoms with Crippen LogP contribution in [0.1, 0.15) is 18.9 Å². The lowest BCUT2D eigenvalue weighted by molar-refractivity contribution is -0.131. The number of anilines is 1. The van der Waals surface area contributed by atoms with E-state index in [1.807, 2.05) is 48.2 Å². The highest BCUT2D eigenvalue weighted by Gasteiger charge is 2.22. The van der Waals surface area contributed by atoms with Crippen molar-refractivity contribution >= 4 is 11.6 Å². The molecule has 1 amide bonds. The summed E-state index contributed by atoms with van der Waals surface area (Å²) >= 11 is 0. The monoisotopic (exact) mass is 338 g/mol. The van der Waals surface area contributed by atoms with Gasteiger partial charge in [0.05, 0.1) is 12.3 Å². The maximum absolute atomic E-state index is 12.5.